The molecule has 1 aliphatic heterocycles. The van der Waals surface area contributed by atoms with Crippen LogP contribution in [-0.4, -0.2) is 29.1 Å². The molecule has 0 spiro atoms. The lowest BCUT2D eigenvalue weighted by molar-refractivity contribution is -0.528. The number of nitro groups is 1. The molecule has 0 aromatic rings. The average molecular weight is 253 g/mol. The minimum Gasteiger partial charge on any atom is -0.327 e. The molecule has 6 unspecified atom stereocenters. The van der Waals surface area contributed by atoms with Crippen molar-refractivity contribution in [3.05, 3.63) is 10.1 Å². The van der Waals surface area contributed by atoms with Crippen LogP contribution in [0, 0.1) is 22.0 Å². The van der Waals surface area contributed by atoms with Crippen LogP contribution in [0.5, 0.6) is 0 Å². The van der Waals surface area contributed by atoms with E-state index in [9.17, 15) is 10.1 Å². The smallest absolute Gasteiger partial charge is 0.214 e. The Morgan fingerprint density at radius 3 is 2.56 bits per heavy atom. The highest BCUT2D eigenvalue weighted by atomic mass is 16.6. The van der Waals surface area contributed by atoms with E-state index in [2.05, 4.69) is 5.32 Å². The van der Waals surface area contributed by atoms with Crippen LogP contribution in [0.4, 0.5) is 0 Å². The molecule has 5 heteroatoms. The standard InChI is InChI=1S/C13H23N3O2/c14-13-9-3-1-2-4-11(9)15-12-7-8(16(17)18)5-6-10(12)13/h8-13,15H,1-7,14H2. The van der Waals surface area contributed by atoms with E-state index in [4.69, 9.17) is 5.73 Å². The average Bonchev–Trinajstić information content (AvgIpc) is 2.38. The van der Waals surface area contributed by atoms with Crippen molar-refractivity contribution in [1.29, 1.82) is 0 Å². The Morgan fingerprint density at radius 2 is 1.78 bits per heavy atom. The molecule has 3 N–H and O–H groups in total. The fourth-order valence-electron chi connectivity index (χ4n) is 4.44. The fraction of sp³-hybridized carbons (Fsp3) is 1.00. The van der Waals surface area contributed by atoms with E-state index in [1.807, 2.05) is 0 Å². The number of rotatable bonds is 1. The van der Waals surface area contributed by atoms with Crippen LogP contribution in [0.3, 0.4) is 0 Å². The topological polar surface area (TPSA) is 81.2 Å². The van der Waals surface area contributed by atoms with Gasteiger partial charge in [0.1, 0.15) is 0 Å². The van der Waals surface area contributed by atoms with Crippen LogP contribution in [0.15, 0.2) is 0 Å². The van der Waals surface area contributed by atoms with Crippen molar-refractivity contribution in [2.24, 2.45) is 17.6 Å². The van der Waals surface area contributed by atoms with Crippen LogP contribution in [0.1, 0.15) is 44.9 Å². The van der Waals surface area contributed by atoms with Gasteiger partial charge in [-0.05, 0) is 31.1 Å². The number of hydrogen-bond donors (Lipinski definition) is 2. The molecule has 18 heavy (non-hydrogen) atoms. The first-order chi connectivity index (χ1) is 8.66. The highest BCUT2D eigenvalue weighted by molar-refractivity contribution is 5.03. The second-order valence-electron chi connectivity index (χ2n) is 6.32. The summed E-state index contributed by atoms with van der Waals surface area (Å²) in [5, 5.41) is 14.6. The number of nitrogens with two attached hydrogens (primary N) is 1. The maximum atomic E-state index is 10.9. The van der Waals surface area contributed by atoms with Crippen molar-refractivity contribution in [3.63, 3.8) is 0 Å². The molecule has 3 aliphatic rings. The van der Waals surface area contributed by atoms with Crippen molar-refractivity contribution >= 4 is 0 Å². The van der Waals surface area contributed by atoms with Crippen molar-refractivity contribution < 1.29 is 4.92 Å². The van der Waals surface area contributed by atoms with Crippen LogP contribution < -0.4 is 11.1 Å². The lowest BCUT2D eigenvalue weighted by Crippen LogP contribution is -2.64. The predicted octanol–water partition coefficient (Wildman–Crippen LogP) is 1.29. The van der Waals surface area contributed by atoms with Crippen molar-refractivity contribution in [3.8, 4) is 0 Å². The van der Waals surface area contributed by atoms with E-state index in [0.29, 0.717) is 30.7 Å². The third-order valence-electron chi connectivity index (χ3n) is 5.41. The maximum absolute atomic E-state index is 10.9. The first-order valence-corrected chi connectivity index (χ1v) is 7.32. The molecule has 5 nitrogen and oxygen atoms in total. The number of nitrogens with one attached hydrogen (secondary N) is 1. The highest BCUT2D eigenvalue weighted by Crippen LogP contribution is 2.40. The Morgan fingerprint density at radius 1 is 1.06 bits per heavy atom. The van der Waals surface area contributed by atoms with Gasteiger partial charge in [-0.2, -0.15) is 0 Å². The lowest BCUT2D eigenvalue weighted by Gasteiger charge is -2.50. The van der Waals surface area contributed by atoms with E-state index in [-0.39, 0.29) is 23.0 Å². The SMILES string of the molecule is NC1C2CCCCC2NC2CC([N+](=O)[O-])CCC21. The summed E-state index contributed by atoms with van der Waals surface area (Å²) in [5.74, 6) is 1.06. The molecule has 0 aromatic heterocycles. The van der Waals surface area contributed by atoms with Gasteiger partial charge in [0.05, 0.1) is 0 Å². The number of piperidine rings is 1. The number of fused-ring (bicyclic) bond motifs is 2. The third-order valence-corrected chi connectivity index (χ3v) is 5.41. The highest BCUT2D eigenvalue weighted by Gasteiger charge is 2.47. The third kappa shape index (κ3) is 2.03. The first kappa shape index (κ1) is 12.4. The Hall–Kier alpha value is -0.680. The van der Waals surface area contributed by atoms with E-state index >= 15 is 0 Å². The Labute approximate surface area is 108 Å². The van der Waals surface area contributed by atoms with Crippen molar-refractivity contribution in [2.75, 3.05) is 0 Å². The molecule has 0 radical (unpaired) electrons. The van der Waals surface area contributed by atoms with E-state index in [0.717, 1.165) is 6.42 Å². The van der Waals surface area contributed by atoms with Crippen LogP contribution in [-0.2, 0) is 0 Å². The summed E-state index contributed by atoms with van der Waals surface area (Å²) in [4.78, 5) is 10.8. The molecule has 3 fully saturated rings. The minimum atomic E-state index is -0.355. The van der Waals surface area contributed by atoms with Crippen molar-refractivity contribution in [1.82, 2.24) is 5.32 Å². The monoisotopic (exact) mass is 253 g/mol. The van der Waals surface area contributed by atoms with E-state index < -0.39 is 0 Å². The summed E-state index contributed by atoms with van der Waals surface area (Å²) in [6.07, 6.45) is 7.32. The summed E-state index contributed by atoms with van der Waals surface area (Å²) in [6, 6.07) is 0.698. The van der Waals surface area contributed by atoms with E-state index in [1.165, 1.54) is 25.7 Å². The molecule has 0 amide bonds. The Bertz CT molecular complexity index is 336. The van der Waals surface area contributed by atoms with Crippen LogP contribution in [0.25, 0.3) is 0 Å². The fourth-order valence-corrected chi connectivity index (χ4v) is 4.44. The molecule has 0 aromatic carbocycles. The second-order valence-corrected chi connectivity index (χ2v) is 6.32. The Balaban J connectivity index is 1.72. The van der Waals surface area contributed by atoms with Crippen LogP contribution >= 0.6 is 0 Å². The summed E-state index contributed by atoms with van der Waals surface area (Å²) in [5.41, 5.74) is 6.46. The first-order valence-electron chi connectivity index (χ1n) is 7.32. The predicted molar refractivity (Wildman–Crippen MR) is 68.8 cm³/mol. The molecule has 1 heterocycles. The van der Waals surface area contributed by atoms with Gasteiger partial charge in [-0.25, -0.2) is 0 Å². The molecule has 0 bridgehead atoms. The van der Waals surface area contributed by atoms with Gasteiger partial charge in [0.25, 0.3) is 0 Å². The molecule has 1 saturated heterocycles. The number of hydrogen-bond acceptors (Lipinski definition) is 4. The van der Waals surface area contributed by atoms with Gasteiger partial charge in [0, 0.05) is 35.9 Å². The largest absolute Gasteiger partial charge is 0.327 e. The molecule has 6 atom stereocenters. The summed E-state index contributed by atoms with van der Waals surface area (Å²) in [7, 11) is 0. The molecular weight excluding hydrogens is 230 g/mol. The van der Waals surface area contributed by atoms with Gasteiger partial charge in [-0.3, -0.25) is 10.1 Å². The molecule has 3 rings (SSSR count). The molecule has 102 valence electrons. The normalized spacial score (nSPS) is 48.1. The zero-order valence-electron chi connectivity index (χ0n) is 10.8. The summed E-state index contributed by atoms with van der Waals surface area (Å²) >= 11 is 0. The number of nitrogens with zero attached hydrogens (tertiary/aromatic N) is 1. The second kappa shape index (κ2) is 4.78. The molecular formula is C13H23N3O2. The van der Waals surface area contributed by atoms with Crippen LogP contribution in [0.2, 0.25) is 0 Å². The lowest BCUT2D eigenvalue weighted by atomic mass is 9.65. The maximum Gasteiger partial charge on any atom is 0.214 e. The Kier molecular flexibility index (Phi) is 3.28. The summed E-state index contributed by atoms with van der Waals surface area (Å²) < 4.78 is 0. The van der Waals surface area contributed by atoms with Gasteiger partial charge in [-0.1, -0.05) is 12.8 Å². The molecule has 2 aliphatic carbocycles. The molecule has 2 saturated carbocycles. The van der Waals surface area contributed by atoms with Gasteiger partial charge in [-0.15, -0.1) is 0 Å². The van der Waals surface area contributed by atoms with Gasteiger partial charge in [0.15, 0.2) is 0 Å². The van der Waals surface area contributed by atoms with Gasteiger partial charge in [0.2, 0.25) is 6.04 Å². The zero-order chi connectivity index (χ0) is 12.7. The van der Waals surface area contributed by atoms with E-state index in [1.54, 1.807) is 0 Å². The van der Waals surface area contributed by atoms with Gasteiger partial charge >= 0.3 is 0 Å². The summed E-state index contributed by atoms with van der Waals surface area (Å²) in [6.45, 7) is 0. The minimum absolute atomic E-state index is 0.101. The van der Waals surface area contributed by atoms with Gasteiger partial charge < -0.3 is 11.1 Å². The quantitative estimate of drug-likeness (QED) is 0.545. The zero-order valence-corrected chi connectivity index (χ0v) is 10.8. The van der Waals surface area contributed by atoms with Crippen molar-refractivity contribution in [2.45, 2.75) is 69.1 Å².